The molecule has 1 amide bonds. The molecule has 0 rings (SSSR count). The van der Waals surface area contributed by atoms with Crippen LogP contribution in [0, 0.1) is 0 Å². The fourth-order valence-corrected chi connectivity index (χ4v) is 0.518. The number of carbonyl (C=O) groups is 3. The van der Waals surface area contributed by atoms with Gasteiger partial charge in [-0.15, -0.1) is 0 Å². The second-order valence-corrected chi connectivity index (χ2v) is 1.99. The molecule has 0 bridgehead atoms. The van der Waals surface area contributed by atoms with E-state index in [1.807, 2.05) is 0 Å². The van der Waals surface area contributed by atoms with Gasteiger partial charge in [0.05, 0.1) is 13.0 Å². The number of ketones is 1. The third-order valence-electron chi connectivity index (χ3n) is 1.10. The highest BCUT2D eigenvalue weighted by Gasteiger charge is 2.17. The lowest BCUT2D eigenvalue weighted by Gasteiger charge is -1.99. The molecule has 0 atom stereocenters. The molecular weight excluding hydrogens is 162 g/mol. The van der Waals surface area contributed by atoms with Gasteiger partial charge >= 0.3 is 5.97 Å². The molecule has 0 aliphatic rings. The third-order valence-corrected chi connectivity index (χ3v) is 1.10. The minimum atomic E-state index is -0.957. The standard InChI is InChI=1S/C7H11NO4/c1-3-12-7(11)5(9)4-6(10)8-2/h3-4H2,1-2H3,(H,8,10). The maximum atomic E-state index is 10.8. The summed E-state index contributed by atoms with van der Waals surface area (Å²) in [7, 11) is 1.39. The van der Waals surface area contributed by atoms with Crippen molar-refractivity contribution in [2.75, 3.05) is 13.7 Å². The van der Waals surface area contributed by atoms with E-state index >= 15 is 0 Å². The lowest BCUT2D eigenvalue weighted by molar-refractivity contribution is -0.154. The molecule has 1 N–H and O–H groups in total. The van der Waals surface area contributed by atoms with Crippen molar-refractivity contribution in [2.24, 2.45) is 0 Å². The summed E-state index contributed by atoms with van der Waals surface area (Å²) >= 11 is 0. The first-order valence-corrected chi connectivity index (χ1v) is 3.52. The quantitative estimate of drug-likeness (QED) is 0.345. The Morgan fingerprint density at radius 1 is 1.33 bits per heavy atom. The molecule has 0 saturated heterocycles. The van der Waals surface area contributed by atoms with Gasteiger partial charge in [-0.25, -0.2) is 4.79 Å². The first-order valence-electron chi connectivity index (χ1n) is 3.52. The van der Waals surface area contributed by atoms with Gasteiger partial charge in [0.15, 0.2) is 0 Å². The van der Waals surface area contributed by atoms with Gasteiger partial charge in [-0.3, -0.25) is 9.59 Å². The molecule has 0 unspecified atom stereocenters. The molecule has 0 spiro atoms. The van der Waals surface area contributed by atoms with Gasteiger partial charge in [0, 0.05) is 7.05 Å². The molecule has 5 nitrogen and oxygen atoms in total. The fourth-order valence-electron chi connectivity index (χ4n) is 0.518. The van der Waals surface area contributed by atoms with E-state index in [2.05, 4.69) is 10.1 Å². The zero-order valence-electron chi connectivity index (χ0n) is 7.05. The van der Waals surface area contributed by atoms with E-state index in [1.54, 1.807) is 6.92 Å². The summed E-state index contributed by atoms with van der Waals surface area (Å²) < 4.78 is 4.38. The van der Waals surface area contributed by atoms with Gasteiger partial charge in [-0.1, -0.05) is 0 Å². The molecule has 0 saturated carbocycles. The van der Waals surface area contributed by atoms with Crippen LogP contribution < -0.4 is 5.32 Å². The lowest BCUT2D eigenvalue weighted by atomic mass is 10.3. The summed E-state index contributed by atoms with van der Waals surface area (Å²) in [6.45, 7) is 1.73. The van der Waals surface area contributed by atoms with Gasteiger partial charge in [-0.05, 0) is 6.92 Å². The zero-order valence-corrected chi connectivity index (χ0v) is 7.05. The highest BCUT2D eigenvalue weighted by atomic mass is 16.5. The van der Waals surface area contributed by atoms with E-state index in [4.69, 9.17) is 0 Å². The van der Waals surface area contributed by atoms with Gasteiger partial charge in [0.25, 0.3) is 0 Å². The monoisotopic (exact) mass is 173 g/mol. The highest BCUT2D eigenvalue weighted by Crippen LogP contribution is 1.87. The first kappa shape index (κ1) is 10.6. The van der Waals surface area contributed by atoms with Crippen LogP contribution in [-0.2, 0) is 19.1 Å². The van der Waals surface area contributed by atoms with E-state index in [0.717, 1.165) is 0 Å². The van der Waals surface area contributed by atoms with Crippen molar-refractivity contribution in [3.8, 4) is 0 Å². The van der Waals surface area contributed by atoms with E-state index in [9.17, 15) is 14.4 Å². The average molecular weight is 173 g/mol. The van der Waals surface area contributed by atoms with Crippen LogP contribution in [0.4, 0.5) is 0 Å². The summed E-state index contributed by atoms with van der Waals surface area (Å²) in [4.78, 5) is 32.0. The highest BCUT2D eigenvalue weighted by molar-refractivity contribution is 6.36. The molecule has 68 valence electrons. The maximum absolute atomic E-state index is 10.8. The zero-order chi connectivity index (χ0) is 9.56. The van der Waals surface area contributed by atoms with E-state index in [0.29, 0.717) is 0 Å². The molecular formula is C7H11NO4. The molecule has 0 fully saturated rings. The minimum absolute atomic E-state index is 0.137. The van der Waals surface area contributed by atoms with E-state index < -0.39 is 24.1 Å². The molecule has 0 radical (unpaired) electrons. The predicted molar refractivity (Wildman–Crippen MR) is 40.3 cm³/mol. The number of ether oxygens (including phenoxy) is 1. The molecule has 0 aliphatic heterocycles. The van der Waals surface area contributed by atoms with Gasteiger partial charge in [-0.2, -0.15) is 0 Å². The second kappa shape index (κ2) is 5.29. The first-order chi connectivity index (χ1) is 5.61. The number of nitrogens with one attached hydrogen (secondary N) is 1. The minimum Gasteiger partial charge on any atom is -0.460 e. The normalized spacial score (nSPS) is 8.83. The number of hydrogen-bond acceptors (Lipinski definition) is 4. The topological polar surface area (TPSA) is 72.5 Å². The van der Waals surface area contributed by atoms with Crippen LogP contribution in [0.15, 0.2) is 0 Å². The van der Waals surface area contributed by atoms with Crippen molar-refractivity contribution in [3.05, 3.63) is 0 Å². The Balaban J connectivity index is 3.87. The molecule has 12 heavy (non-hydrogen) atoms. The lowest BCUT2D eigenvalue weighted by Crippen LogP contribution is -2.26. The van der Waals surface area contributed by atoms with Crippen LogP contribution in [0.25, 0.3) is 0 Å². The Kier molecular flexibility index (Phi) is 4.67. The van der Waals surface area contributed by atoms with Gasteiger partial charge in [0.2, 0.25) is 11.7 Å². The Morgan fingerprint density at radius 3 is 2.33 bits per heavy atom. The van der Waals surface area contributed by atoms with Crippen molar-refractivity contribution in [3.63, 3.8) is 0 Å². The van der Waals surface area contributed by atoms with Crippen LogP contribution in [0.2, 0.25) is 0 Å². The number of hydrogen-bond donors (Lipinski definition) is 1. The number of amides is 1. The van der Waals surface area contributed by atoms with Gasteiger partial charge < -0.3 is 10.1 Å². The van der Waals surface area contributed by atoms with Crippen molar-refractivity contribution < 1.29 is 19.1 Å². The van der Waals surface area contributed by atoms with Crippen LogP contribution in [0.5, 0.6) is 0 Å². The summed E-state index contributed by atoms with van der Waals surface area (Å²) in [6, 6.07) is 0. The third kappa shape index (κ3) is 3.70. The molecule has 0 aromatic rings. The second-order valence-electron chi connectivity index (χ2n) is 1.99. The van der Waals surface area contributed by atoms with Crippen LogP contribution in [0.3, 0.4) is 0 Å². The van der Waals surface area contributed by atoms with Crippen LogP contribution >= 0.6 is 0 Å². The van der Waals surface area contributed by atoms with E-state index in [1.165, 1.54) is 7.05 Å². The maximum Gasteiger partial charge on any atom is 0.375 e. The SMILES string of the molecule is CCOC(=O)C(=O)CC(=O)NC. The smallest absolute Gasteiger partial charge is 0.375 e. The summed E-state index contributed by atoms with van der Waals surface area (Å²) in [6.07, 6.45) is -0.449. The predicted octanol–water partition coefficient (Wildman–Crippen LogP) is -0.745. The number of rotatable bonds is 4. The Morgan fingerprint density at radius 2 is 1.92 bits per heavy atom. The van der Waals surface area contributed by atoms with Crippen LogP contribution in [-0.4, -0.2) is 31.3 Å². The summed E-state index contributed by atoms with van der Waals surface area (Å²) in [5, 5.41) is 2.23. The van der Waals surface area contributed by atoms with Crippen molar-refractivity contribution in [2.45, 2.75) is 13.3 Å². The number of carbonyl (C=O) groups excluding carboxylic acids is 3. The fraction of sp³-hybridized carbons (Fsp3) is 0.571. The van der Waals surface area contributed by atoms with Crippen molar-refractivity contribution in [1.82, 2.24) is 5.32 Å². The summed E-state index contributed by atoms with van der Waals surface area (Å²) in [5.41, 5.74) is 0. The summed E-state index contributed by atoms with van der Waals surface area (Å²) in [5.74, 6) is -2.27. The van der Waals surface area contributed by atoms with Crippen LogP contribution in [0.1, 0.15) is 13.3 Å². The van der Waals surface area contributed by atoms with Gasteiger partial charge in [0.1, 0.15) is 0 Å². The molecule has 0 aliphatic carbocycles. The Labute approximate surface area is 70.1 Å². The van der Waals surface area contributed by atoms with Crippen molar-refractivity contribution in [1.29, 1.82) is 0 Å². The van der Waals surface area contributed by atoms with Crippen molar-refractivity contribution >= 4 is 17.7 Å². The van der Waals surface area contributed by atoms with E-state index in [-0.39, 0.29) is 6.61 Å². The molecule has 5 heteroatoms. The molecule has 0 aromatic carbocycles. The number of esters is 1. The number of Topliss-reactive ketones (excluding diaryl/α,β-unsaturated/α-hetero) is 1. The largest absolute Gasteiger partial charge is 0.460 e. The Hall–Kier alpha value is -1.39. The molecule has 0 aromatic heterocycles. The molecule has 0 heterocycles. The Bertz CT molecular complexity index is 200. The average Bonchev–Trinajstić information content (AvgIpc) is 2.04.